The van der Waals surface area contributed by atoms with Crippen LogP contribution in [0.25, 0.3) is 0 Å². The van der Waals surface area contributed by atoms with Crippen LogP contribution in [0.1, 0.15) is 16.2 Å². The summed E-state index contributed by atoms with van der Waals surface area (Å²) in [4.78, 5) is 25.6. The van der Waals surface area contributed by atoms with Crippen LogP contribution < -0.4 is 0 Å². The monoisotopic (exact) mass is 522 g/mol. The highest BCUT2D eigenvalue weighted by molar-refractivity contribution is 7.11. The van der Waals surface area contributed by atoms with E-state index in [4.69, 9.17) is 24.5 Å². The molecule has 7 nitrogen and oxygen atoms in total. The molecule has 0 amide bonds. The molecule has 3 rings (SSSR count). The number of aryl methyl sites for hydroxylation is 1. The highest BCUT2D eigenvalue weighted by atomic mass is 32.1. The van der Waals surface area contributed by atoms with E-state index < -0.39 is 24.3 Å². The normalized spacial score (nSPS) is 22.8. The van der Waals surface area contributed by atoms with E-state index in [9.17, 15) is 26.3 Å². The van der Waals surface area contributed by atoms with Crippen molar-refractivity contribution in [3.8, 4) is 0 Å². The minimum atomic E-state index is -5.08. The number of hydrogen-bond donors (Lipinski definition) is 2. The van der Waals surface area contributed by atoms with Gasteiger partial charge in [0.25, 0.3) is 0 Å². The largest absolute Gasteiger partial charge is 0.490 e. The molecular weight excluding hydrogens is 494 g/mol. The molecule has 0 unspecified atom stereocenters. The average Bonchev–Trinajstić information content (AvgIpc) is 3.27. The van der Waals surface area contributed by atoms with Crippen molar-refractivity contribution in [1.82, 2.24) is 9.80 Å². The van der Waals surface area contributed by atoms with E-state index in [1.165, 1.54) is 29.3 Å². The van der Waals surface area contributed by atoms with Crippen molar-refractivity contribution in [1.29, 1.82) is 0 Å². The Balaban J connectivity index is 0.000000343. The summed E-state index contributed by atoms with van der Waals surface area (Å²) in [6.07, 6.45) is -8.43. The number of hydrogen-bond acceptors (Lipinski definition) is 6. The SMILES string of the molecule is Cc1ccc(CN2CC[C@H]3CO[C@H](CN(C)C)[C@H]3C2)s1.O=C(O)C(F)(F)F.O=C(O)C(F)(F)F. The Hall–Kier alpha value is -1.90. The summed E-state index contributed by atoms with van der Waals surface area (Å²) < 4.78 is 69.5. The van der Waals surface area contributed by atoms with Crippen LogP contribution >= 0.6 is 11.3 Å². The van der Waals surface area contributed by atoms with Gasteiger partial charge in [-0.2, -0.15) is 26.3 Å². The predicted molar refractivity (Wildman–Crippen MR) is 112 cm³/mol. The fourth-order valence-corrected chi connectivity index (χ4v) is 4.51. The number of alkyl halides is 6. The average molecular weight is 523 g/mol. The number of thiophene rings is 1. The van der Waals surface area contributed by atoms with Crippen molar-refractivity contribution in [2.24, 2.45) is 11.8 Å². The molecule has 2 saturated heterocycles. The quantitative estimate of drug-likeness (QED) is 0.583. The van der Waals surface area contributed by atoms with Crippen molar-refractivity contribution < 1.29 is 50.9 Å². The number of carboxylic acid groups (broad SMARTS) is 2. The van der Waals surface area contributed by atoms with Gasteiger partial charge in [-0.25, -0.2) is 9.59 Å². The first kappa shape index (κ1) is 30.1. The number of carboxylic acids is 2. The molecule has 196 valence electrons. The number of fused-ring (bicyclic) bond motifs is 1. The lowest BCUT2D eigenvalue weighted by Gasteiger charge is -2.36. The minimum Gasteiger partial charge on any atom is -0.475 e. The first-order valence-corrected chi connectivity index (χ1v) is 11.0. The molecule has 34 heavy (non-hydrogen) atoms. The van der Waals surface area contributed by atoms with Crippen LogP contribution in [0, 0.1) is 18.8 Å². The Kier molecular flexibility index (Phi) is 11.3. The van der Waals surface area contributed by atoms with Crippen molar-refractivity contribution in [3.05, 3.63) is 21.9 Å². The Morgan fingerprint density at radius 3 is 2.06 bits per heavy atom. The molecule has 1 aromatic heterocycles. The third kappa shape index (κ3) is 10.6. The molecule has 0 saturated carbocycles. The van der Waals surface area contributed by atoms with Gasteiger partial charge < -0.3 is 19.8 Å². The molecule has 2 aliphatic heterocycles. The van der Waals surface area contributed by atoms with E-state index in [0.29, 0.717) is 6.10 Å². The fraction of sp³-hybridized carbons (Fsp3) is 0.700. The lowest BCUT2D eigenvalue weighted by molar-refractivity contribution is -0.193. The number of likely N-dealkylation sites (N-methyl/N-ethyl adjacent to an activating group) is 1. The summed E-state index contributed by atoms with van der Waals surface area (Å²) in [5.74, 6) is -3.99. The number of aliphatic carboxylic acids is 2. The van der Waals surface area contributed by atoms with Gasteiger partial charge in [-0.05, 0) is 52.0 Å². The highest BCUT2D eigenvalue weighted by Gasteiger charge is 2.41. The molecule has 3 atom stereocenters. The molecule has 14 heteroatoms. The fourth-order valence-electron chi connectivity index (χ4n) is 3.58. The summed E-state index contributed by atoms with van der Waals surface area (Å²) in [7, 11) is 4.29. The second kappa shape index (κ2) is 12.7. The molecule has 2 fully saturated rings. The number of ether oxygens (including phenoxy) is 1. The number of halogens is 6. The number of rotatable bonds is 4. The molecule has 2 aliphatic rings. The van der Waals surface area contributed by atoms with E-state index in [1.807, 2.05) is 11.3 Å². The Morgan fingerprint density at radius 2 is 1.65 bits per heavy atom. The van der Waals surface area contributed by atoms with E-state index >= 15 is 0 Å². The van der Waals surface area contributed by atoms with E-state index in [0.717, 1.165) is 31.5 Å². The number of piperidine rings is 1. The highest BCUT2D eigenvalue weighted by Crippen LogP contribution is 2.35. The number of likely N-dealkylation sites (tertiary alicyclic amines) is 1. The molecule has 3 heterocycles. The Labute approximate surface area is 196 Å². The van der Waals surface area contributed by atoms with Crippen LogP contribution in [0.3, 0.4) is 0 Å². The zero-order valence-corrected chi connectivity index (χ0v) is 19.6. The van der Waals surface area contributed by atoms with Gasteiger partial charge in [-0.15, -0.1) is 11.3 Å². The zero-order valence-electron chi connectivity index (χ0n) is 18.8. The van der Waals surface area contributed by atoms with Crippen molar-refractivity contribution in [2.45, 2.75) is 38.3 Å². The zero-order chi connectivity index (χ0) is 26.3. The molecule has 2 N–H and O–H groups in total. The first-order chi connectivity index (χ1) is 15.5. The van der Waals surface area contributed by atoms with Crippen LogP contribution in [0.5, 0.6) is 0 Å². The van der Waals surface area contributed by atoms with Gasteiger partial charge in [0.1, 0.15) is 0 Å². The Bertz CT molecular complexity index is 775. The summed E-state index contributed by atoms with van der Waals surface area (Å²) in [5.41, 5.74) is 0. The van der Waals surface area contributed by atoms with Gasteiger partial charge in [0, 0.05) is 35.3 Å². The smallest absolute Gasteiger partial charge is 0.475 e. The molecule has 0 aliphatic carbocycles. The number of nitrogens with zero attached hydrogens (tertiary/aromatic N) is 2. The maximum absolute atomic E-state index is 10.6. The Morgan fingerprint density at radius 1 is 1.12 bits per heavy atom. The van der Waals surface area contributed by atoms with Crippen molar-refractivity contribution in [2.75, 3.05) is 40.3 Å². The van der Waals surface area contributed by atoms with Crippen molar-refractivity contribution in [3.63, 3.8) is 0 Å². The lowest BCUT2D eigenvalue weighted by atomic mass is 9.84. The molecule has 0 spiro atoms. The van der Waals surface area contributed by atoms with Crippen LogP contribution in [-0.2, 0) is 20.9 Å². The third-order valence-electron chi connectivity index (χ3n) is 5.10. The van der Waals surface area contributed by atoms with Gasteiger partial charge in [-0.1, -0.05) is 0 Å². The van der Waals surface area contributed by atoms with Gasteiger partial charge in [0.05, 0.1) is 12.7 Å². The van der Waals surface area contributed by atoms with E-state index in [2.05, 4.69) is 43.0 Å². The van der Waals surface area contributed by atoms with Crippen LogP contribution in [-0.4, -0.2) is 90.7 Å². The molecule has 1 aromatic rings. The summed E-state index contributed by atoms with van der Waals surface area (Å²) in [6.45, 7) is 7.80. The van der Waals surface area contributed by atoms with Crippen LogP contribution in [0.2, 0.25) is 0 Å². The summed E-state index contributed by atoms with van der Waals surface area (Å²) in [5, 5.41) is 14.2. The second-order valence-electron chi connectivity index (χ2n) is 8.20. The van der Waals surface area contributed by atoms with Gasteiger partial charge in [-0.3, -0.25) is 4.90 Å². The predicted octanol–water partition coefficient (Wildman–Crippen LogP) is 3.72. The van der Waals surface area contributed by atoms with Gasteiger partial charge >= 0.3 is 24.3 Å². The van der Waals surface area contributed by atoms with Gasteiger partial charge in [0.15, 0.2) is 0 Å². The topological polar surface area (TPSA) is 90.3 Å². The maximum Gasteiger partial charge on any atom is 0.490 e. The van der Waals surface area contributed by atoms with Crippen LogP contribution in [0.15, 0.2) is 12.1 Å². The second-order valence-corrected chi connectivity index (χ2v) is 9.57. The standard InChI is InChI=1S/C16H26N2OS.2C2HF3O2/c1-12-4-5-14(20-12)8-18-7-6-13-11-19-16(10-17(2)3)15(13)9-18;2*3-2(4,5)1(6)7/h4-5,13,15-16H,6-11H2,1-3H3;2*(H,6,7)/t13-,15-,16+;;/m0../s1. The van der Waals surface area contributed by atoms with Gasteiger partial charge in [0.2, 0.25) is 0 Å². The first-order valence-electron chi connectivity index (χ1n) is 10.1. The summed E-state index contributed by atoms with van der Waals surface area (Å²) in [6, 6.07) is 4.52. The third-order valence-corrected chi connectivity index (χ3v) is 6.08. The number of carbonyl (C=O) groups is 2. The summed E-state index contributed by atoms with van der Waals surface area (Å²) >= 11 is 1.94. The van der Waals surface area contributed by atoms with Crippen molar-refractivity contribution >= 4 is 23.3 Å². The lowest BCUT2D eigenvalue weighted by Crippen LogP contribution is -2.44. The molecule has 0 aromatic carbocycles. The van der Waals surface area contributed by atoms with E-state index in [-0.39, 0.29) is 0 Å². The van der Waals surface area contributed by atoms with Crippen LogP contribution in [0.4, 0.5) is 26.3 Å². The van der Waals surface area contributed by atoms with E-state index in [1.54, 1.807) is 0 Å². The maximum atomic E-state index is 10.6. The molecule has 0 radical (unpaired) electrons. The minimum absolute atomic E-state index is 0.433. The molecule has 0 bridgehead atoms. The molecular formula is C20H28F6N2O5S.